The first-order valence-corrected chi connectivity index (χ1v) is 6.45. The molecule has 0 unspecified atom stereocenters. The average molecular weight is 248 g/mol. The topological polar surface area (TPSA) is 55.6 Å². The van der Waals surface area contributed by atoms with Gasteiger partial charge in [-0.1, -0.05) is 12.8 Å². The van der Waals surface area contributed by atoms with Crippen molar-refractivity contribution in [2.24, 2.45) is 0 Å². The smallest absolute Gasteiger partial charge is 0.257 e. The molecule has 4 heteroatoms. The lowest BCUT2D eigenvalue weighted by Gasteiger charge is -2.21. The molecule has 0 bridgehead atoms. The Morgan fingerprint density at radius 1 is 1.22 bits per heavy atom. The molecular weight excluding hydrogens is 228 g/mol. The van der Waals surface area contributed by atoms with E-state index in [4.69, 9.17) is 10.5 Å². The van der Waals surface area contributed by atoms with Crippen molar-refractivity contribution in [1.82, 2.24) is 4.90 Å². The van der Waals surface area contributed by atoms with Crippen LogP contribution in [0.1, 0.15) is 36.0 Å². The summed E-state index contributed by atoms with van der Waals surface area (Å²) in [6.45, 7) is 1.66. The molecule has 0 atom stereocenters. The summed E-state index contributed by atoms with van der Waals surface area (Å²) in [6, 6.07) is 5.20. The lowest BCUT2D eigenvalue weighted by atomic mass is 10.1. The first kappa shape index (κ1) is 12.7. The van der Waals surface area contributed by atoms with Gasteiger partial charge in [0.1, 0.15) is 5.75 Å². The number of hydrogen-bond donors (Lipinski definition) is 1. The number of anilines is 1. The van der Waals surface area contributed by atoms with Gasteiger partial charge in [-0.3, -0.25) is 4.79 Å². The lowest BCUT2D eigenvalue weighted by Crippen LogP contribution is -2.32. The predicted octanol–water partition coefficient (Wildman–Crippen LogP) is 2.29. The van der Waals surface area contributed by atoms with Gasteiger partial charge in [-0.2, -0.15) is 0 Å². The van der Waals surface area contributed by atoms with E-state index in [1.807, 2.05) is 4.90 Å². The van der Waals surface area contributed by atoms with Crippen molar-refractivity contribution in [2.45, 2.75) is 25.7 Å². The SMILES string of the molecule is COc1ccc(N)cc1C(=O)N1CCCCCC1. The van der Waals surface area contributed by atoms with Gasteiger partial charge in [-0.25, -0.2) is 0 Å². The van der Waals surface area contributed by atoms with Gasteiger partial charge >= 0.3 is 0 Å². The Labute approximate surface area is 108 Å². The number of amides is 1. The number of carbonyl (C=O) groups is 1. The molecule has 0 aromatic heterocycles. The van der Waals surface area contributed by atoms with Crippen LogP contribution in [-0.2, 0) is 0 Å². The Morgan fingerprint density at radius 2 is 1.89 bits per heavy atom. The van der Waals surface area contributed by atoms with Crippen molar-refractivity contribution in [3.05, 3.63) is 23.8 Å². The van der Waals surface area contributed by atoms with Gasteiger partial charge in [-0.15, -0.1) is 0 Å². The third kappa shape index (κ3) is 2.75. The summed E-state index contributed by atoms with van der Waals surface area (Å²) in [5.41, 5.74) is 6.91. The molecule has 1 aromatic carbocycles. The maximum Gasteiger partial charge on any atom is 0.257 e. The lowest BCUT2D eigenvalue weighted by molar-refractivity contribution is 0.0758. The van der Waals surface area contributed by atoms with Crippen LogP contribution in [0.25, 0.3) is 0 Å². The second-order valence-corrected chi connectivity index (χ2v) is 4.67. The molecule has 1 amide bonds. The van der Waals surface area contributed by atoms with Crippen LogP contribution >= 0.6 is 0 Å². The summed E-state index contributed by atoms with van der Waals surface area (Å²) in [6.07, 6.45) is 4.57. The first-order valence-electron chi connectivity index (χ1n) is 6.45. The van der Waals surface area contributed by atoms with E-state index in [0.29, 0.717) is 17.0 Å². The molecule has 2 N–H and O–H groups in total. The van der Waals surface area contributed by atoms with E-state index in [0.717, 1.165) is 25.9 Å². The number of ether oxygens (including phenoxy) is 1. The number of benzene rings is 1. The summed E-state index contributed by atoms with van der Waals surface area (Å²) in [5, 5.41) is 0. The normalized spacial score (nSPS) is 16.2. The monoisotopic (exact) mass is 248 g/mol. The Hall–Kier alpha value is -1.71. The Bertz CT molecular complexity index is 424. The third-order valence-corrected chi connectivity index (χ3v) is 3.35. The summed E-state index contributed by atoms with van der Waals surface area (Å²) in [5.74, 6) is 0.625. The van der Waals surface area contributed by atoms with E-state index in [2.05, 4.69) is 0 Å². The zero-order valence-corrected chi connectivity index (χ0v) is 10.8. The second-order valence-electron chi connectivity index (χ2n) is 4.67. The molecule has 1 heterocycles. The fourth-order valence-electron chi connectivity index (χ4n) is 2.34. The molecule has 0 radical (unpaired) electrons. The second kappa shape index (κ2) is 5.76. The van der Waals surface area contributed by atoms with Crippen molar-refractivity contribution in [2.75, 3.05) is 25.9 Å². The minimum absolute atomic E-state index is 0.0288. The van der Waals surface area contributed by atoms with Crippen LogP contribution in [0.3, 0.4) is 0 Å². The van der Waals surface area contributed by atoms with E-state index in [-0.39, 0.29) is 5.91 Å². The largest absolute Gasteiger partial charge is 0.496 e. The maximum atomic E-state index is 12.5. The van der Waals surface area contributed by atoms with Crippen LogP contribution in [0.15, 0.2) is 18.2 Å². The molecule has 0 spiro atoms. The highest BCUT2D eigenvalue weighted by Crippen LogP contribution is 2.24. The Morgan fingerprint density at radius 3 is 2.50 bits per heavy atom. The Balaban J connectivity index is 2.23. The number of rotatable bonds is 2. The van der Waals surface area contributed by atoms with Gasteiger partial charge in [0.25, 0.3) is 5.91 Å². The molecule has 1 aliphatic heterocycles. The number of nitrogens with two attached hydrogens (primary N) is 1. The average Bonchev–Trinajstić information content (AvgIpc) is 2.66. The number of carbonyl (C=O) groups excluding carboxylic acids is 1. The van der Waals surface area contributed by atoms with E-state index in [1.165, 1.54) is 12.8 Å². The van der Waals surface area contributed by atoms with Crippen molar-refractivity contribution in [3.63, 3.8) is 0 Å². The number of nitrogen functional groups attached to an aromatic ring is 1. The zero-order chi connectivity index (χ0) is 13.0. The molecule has 1 saturated heterocycles. The van der Waals surface area contributed by atoms with Crippen LogP contribution in [0.2, 0.25) is 0 Å². The molecule has 1 fully saturated rings. The van der Waals surface area contributed by atoms with Gasteiger partial charge in [0.15, 0.2) is 0 Å². The standard InChI is InChI=1S/C14H20N2O2/c1-18-13-7-6-11(15)10-12(13)14(17)16-8-4-2-3-5-9-16/h6-7,10H,2-5,8-9,15H2,1H3. The highest BCUT2D eigenvalue weighted by molar-refractivity contribution is 5.97. The molecule has 1 aromatic rings. The molecule has 18 heavy (non-hydrogen) atoms. The minimum atomic E-state index is 0.0288. The maximum absolute atomic E-state index is 12.5. The quantitative estimate of drug-likeness (QED) is 0.817. The highest BCUT2D eigenvalue weighted by Gasteiger charge is 2.20. The van der Waals surface area contributed by atoms with Gasteiger partial charge in [0, 0.05) is 18.8 Å². The summed E-state index contributed by atoms with van der Waals surface area (Å²) in [4.78, 5) is 14.4. The van der Waals surface area contributed by atoms with E-state index < -0.39 is 0 Å². The van der Waals surface area contributed by atoms with E-state index in [1.54, 1.807) is 25.3 Å². The van der Waals surface area contributed by atoms with Crippen LogP contribution in [0.4, 0.5) is 5.69 Å². The van der Waals surface area contributed by atoms with Crippen LogP contribution in [-0.4, -0.2) is 31.0 Å². The number of likely N-dealkylation sites (tertiary alicyclic amines) is 1. The molecule has 0 aliphatic carbocycles. The molecule has 4 nitrogen and oxygen atoms in total. The molecular formula is C14H20N2O2. The number of nitrogens with zero attached hydrogens (tertiary/aromatic N) is 1. The predicted molar refractivity (Wildman–Crippen MR) is 71.8 cm³/mol. The van der Waals surface area contributed by atoms with Crippen molar-refractivity contribution < 1.29 is 9.53 Å². The fraction of sp³-hybridized carbons (Fsp3) is 0.500. The molecule has 0 saturated carbocycles. The summed E-state index contributed by atoms with van der Waals surface area (Å²) >= 11 is 0. The molecule has 1 aliphatic rings. The zero-order valence-electron chi connectivity index (χ0n) is 10.8. The number of hydrogen-bond acceptors (Lipinski definition) is 3. The molecule has 2 rings (SSSR count). The Kier molecular flexibility index (Phi) is 4.07. The first-order chi connectivity index (χ1) is 8.72. The van der Waals surface area contributed by atoms with Gasteiger partial charge in [0.05, 0.1) is 12.7 Å². The van der Waals surface area contributed by atoms with Gasteiger partial charge in [-0.05, 0) is 31.0 Å². The van der Waals surface area contributed by atoms with Gasteiger partial charge in [0.2, 0.25) is 0 Å². The summed E-state index contributed by atoms with van der Waals surface area (Å²) in [7, 11) is 1.57. The third-order valence-electron chi connectivity index (χ3n) is 3.35. The minimum Gasteiger partial charge on any atom is -0.496 e. The highest BCUT2D eigenvalue weighted by atomic mass is 16.5. The van der Waals surface area contributed by atoms with E-state index in [9.17, 15) is 4.79 Å². The molecule has 98 valence electrons. The van der Waals surface area contributed by atoms with E-state index >= 15 is 0 Å². The van der Waals surface area contributed by atoms with Crippen LogP contribution in [0, 0.1) is 0 Å². The van der Waals surface area contributed by atoms with Crippen molar-refractivity contribution in [3.8, 4) is 5.75 Å². The van der Waals surface area contributed by atoms with Crippen molar-refractivity contribution >= 4 is 11.6 Å². The fourth-order valence-corrected chi connectivity index (χ4v) is 2.34. The van der Waals surface area contributed by atoms with Crippen LogP contribution in [0.5, 0.6) is 5.75 Å². The van der Waals surface area contributed by atoms with Crippen LogP contribution < -0.4 is 10.5 Å². The van der Waals surface area contributed by atoms with Crippen molar-refractivity contribution in [1.29, 1.82) is 0 Å². The summed E-state index contributed by atoms with van der Waals surface area (Å²) < 4.78 is 5.24. The number of methoxy groups -OCH3 is 1. The van der Waals surface area contributed by atoms with Gasteiger partial charge < -0.3 is 15.4 Å².